The number of hydrogen-bond donors (Lipinski definition) is 1. The summed E-state index contributed by atoms with van der Waals surface area (Å²) in [6, 6.07) is 11.6. The number of aromatic nitrogens is 2. The van der Waals surface area contributed by atoms with E-state index >= 15 is 0 Å². The molecule has 1 aliphatic heterocycles. The Kier molecular flexibility index (Phi) is 5.06. The van der Waals surface area contributed by atoms with Gasteiger partial charge in [0.05, 0.1) is 6.10 Å². The number of amides is 1. The molecule has 0 radical (unpaired) electrons. The third kappa shape index (κ3) is 3.80. The molecule has 1 N–H and O–H groups in total. The normalized spacial score (nSPS) is 22.0. The predicted molar refractivity (Wildman–Crippen MR) is 126 cm³/mol. The van der Waals surface area contributed by atoms with E-state index in [-0.39, 0.29) is 29.3 Å². The summed E-state index contributed by atoms with van der Waals surface area (Å²) in [5, 5.41) is 10.2. The van der Waals surface area contributed by atoms with Gasteiger partial charge in [0.1, 0.15) is 0 Å². The first-order valence-electron chi connectivity index (χ1n) is 10.9. The van der Waals surface area contributed by atoms with Crippen molar-refractivity contribution < 1.29 is 9.90 Å². The molecular formula is C26H26ClN3O2. The fourth-order valence-corrected chi connectivity index (χ4v) is 4.78. The average molecular weight is 448 g/mol. The van der Waals surface area contributed by atoms with Gasteiger partial charge in [-0.1, -0.05) is 38.4 Å². The minimum Gasteiger partial charge on any atom is -0.392 e. The van der Waals surface area contributed by atoms with Crippen LogP contribution in [0.4, 0.5) is 0 Å². The molecule has 0 unspecified atom stereocenters. The van der Waals surface area contributed by atoms with Crippen molar-refractivity contribution in [2.45, 2.75) is 32.3 Å². The first kappa shape index (κ1) is 21.1. The third-order valence-corrected chi connectivity index (χ3v) is 6.88. The van der Waals surface area contributed by atoms with Crippen molar-refractivity contribution in [3.05, 3.63) is 71.3 Å². The Balaban J connectivity index is 1.40. The van der Waals surface area contributed by atoms with Crippen molar-refractivity contribution in [3.63, 3.8) is 0 Å². The Hall–Kier alpha value is -2.76. The van der Waals surface area contributed by atoms with Crippen molar-refractivity contribution in [2.75, 3.05) is 13.1 Å². The van der Waals surface area contributed by atoms with Crippen LogP contribution >= 0.6 is 11.6 Å². The number of pyridine rings is 2. The molecule has 1 aromatic carbocycles. The topological polar surface area (TPSA) is 66.3 Å². The minimum absolute atomic E-state index is 0.0313. The minimum atomic E-state index is -0.232. The van der Waals surface area contributed by atoms with Crippen LogP contribution in [0.3, 0.4) is 0 Å². The maximum atomic E-state index is 12.8. The highest BCUT2D eigenvalue weighted by Gasteiger charge is 2.56. The molecule has 0 spiro atoms. The van der Waals surface area contributed by atoms with Gasteiger partial charge in [0.25, 0.3) is 5.91 Å². The number of likely N-dealkylation sites (tertiary alicyclic amines) is 1. The van der Waals surface area contributed by atoms with Gasteiger partial charge in [-0.05, 0) is 35.9 Å². The molecule has 164 valence electrons. The summed E-state index contributed by atoms with van der Waals surface area (Å²) in [4.78, 5) is 23.6. The van der Waals surface area contributed by atoms with E-state index in [0.717, 1.165) is 27.9 Å². The number of carbonyl (C=O) groups excluding carboxylic acids is 1. The molecule has 5 nitrogen and oxygen atoms in total. The monoisotopic (exact) mass is 447 g/mol. The molecule has 2 fully saturated rings. The van der Waals surface area contributed by atoms with E-state index in [9.17, 15) is 9.90 Å². The average Bonchev–Trinajstić information content (AvgIpc) is 3.17. The number of hydrogen-bond acceptors (Lipinski definition) is 4. The van der Waals surface area contributed by atoms with Gasteiger partial charge >= 0.3 is 0 Å². The standard InChI is InChI=1S/C26H26ClN3O2/c1-26(2,3)23-10-15(6-7-29-23)17-8-18(12-28-11-17)19-5-4-16(9-22(19)27)25(32)30-13-20-21(14-30)24(20)31/h4-12,20-21,24,31H,13-14H2,1-3H3/t20-,21+,24+. The predicted octanol–water partition coefficient (Wildman–Crippen LogP) is 4.82. The van der Waals surface area contributed by atoms with Crippen molar-refractivity contribution in [1.29, 1.82) is 0 Å². The molecule has 0 bridgehead atoms. The van der Waals surface area contributed by atoms with Crippen LogP contribution in [0, 0.1) is 11.8 Å². The van der Waals surface area contributed by atoms with Crippen LogP contribution in [-0.2, 0) is 5.41 Å². The highest BCUT2D eigenvalue weighted by molar-refractivity contribution is 6.33. The second-order valence-corrected chi connectivity index (χ2v) is 10.3. The Bertz CT molecular complexity index is 1190. The molecule has 1 saturated carbocycles. The van der Waals surface area contributed by atoms with E-state index in [1.807, 2.05) is 35.5 Å². The van der Waals surface area contributed by atoms with Gasteiger partial charge in [-0.2, -0.15) is 0 Å². The van der Waals surface area contributed by atoms with E-state index in [4.69, 9.17) is 11.6 Å². The van der Waals surface area contributed by atoms with Crippen LogP contribution in [0.1, 0.15) is 36.8 Å². The zero-order valence-corrected chi connectivity index (χ0v) is 19.2. The lowest BCUT2D eigenvalue weighted by atomic mass is 9.90. The highest BCUT2D eigenvalue weighted by Crippen LogP contribution is 2.45. The van der Waals surface area contributed by atoms with Gasteiger partial charge in [-0.15, -0.1) is 0 Å². The first-order chi connectivity index (χ1) is 15.2. The fourth-order valence-electron chi connectivity index (χ4n) is 4.49. The summed E-state index contributed by atoms with van der Waals surface area (Å²) in [7, 11) is 0. The van der Waals surface area contributed by atoms with Crippen LogP contribution in [0.5, 0.6) is 0 Å². The van der Waals surface area contributed by atoms with Crippen LogP contribution < -0.4 is 0 Å². The summed E-state index contributed by atoms with van der Waals surface area (Å²) in [5.74, 6) is 0.459. The van der Waals surface area contributed by atoms with Crippen LogP contribution in [0.15, 0.2) is 55.0 Å². The largest absolute Gasteiger partial charge is 0.392 e. The first-order valence-corrected chi connectivity index (χ1v) is 11.3. The van der Waals surface area contributed by atoms with Gasteiger partial charge in [0, 0.05) is 81.9 Å². The van der Waals surface area contributed by atoms with E-state index in [1.165, 1.54) is 0 Å². The number of fused-ring (bicyclic) bond motifs is 1. The second-order valence-electron chi connectivity index (χ2n) is 9.87. The zero-order valence-electron chi connectivity index (χ0n) is 18.4. The molecule has 3 atom stereocenters. The molecule has 1 amide bonds. The lowest BCUT2D eigenvalue weighted by molar-refractivity contribution is 0.0746. The number of aliphatic hydroxyl groups excluding tert-OH is 1. The number of benzene rings is 1. The molecule has 2 aromatic heterocycles. The molecule has 5 rings (SSSR count). The number of piperidine rings is 1. The van der Waals surface area contributed by atoms with Gasteiger partial charge in [-0.3, -0.25) is 14.8 Å². The molecule has 3 aromatic rings. The number of nitrogens with zero attached hydrogens (tertiary/aromatic N) is 3. The molecule has 1 saturated heterocycles. The van der Waals surface area contributed by atoms with Gasteiger partial charge in [0.15, 0.2) is 0 Å². The summed E-state index contributed by atoms with van der Waals surface area (Å²) in [6.45, 7) is 7.67. The quantitative estimate of drug-likeness (QED) is 0.624. The molecule has 1 aliphatic carbocycles. The molecule has 3 heterocycles. The smallest absolute Gasteiger partial charge is 0.253 e. The molecule has 32 heavy (non-hydrogen) atoms. The van der Waals surface area contributed by atoms with E-state index in [0.29, 0.717) is 23.7 Å². The number of carbonyl (C=O) groups is 1. The maximum Gasteiger partial charge on any atom is 0.253 e. The number of halogens is 1. The van der Waals surface area contributed by atoms with Gasteiger partial charge in [-0.25, -0.2) is 0 Å². The summed E-state index contributed by atoms with van der Waals surface area (Å²) >= 11 is 6.61. The Labute approximate surface area is 193 Å². The maximum absolute atomic E-state index is 12.8. The zero-order chi connectivity index (χ0) is 22.6. The molecule has 2 aliphatic rings. The number of rotatable bonds is 3. The van der Waals surface area contributed by atoms with Crippen LogP contribution in [0.2, 0.25) is 5.02 Å². The lowest BCUT2D eigenvalue weighted by Crippen LogP contribution is -2.32. The third-order valence-electron chi connectivity index (χ3n) is 6.56. The molecule has 6 heteroatoms. The number of aliphatic hydroxyl groups is 1. The van der Waals surface area contributed by atoms with Gasteiger partial charge in [0.2, 0.25) is 0 Å². The highest BCUT2D eigenvalue weighted by atomic mass is 35.5. The summed E-state index contributed by atoms with van der Waals surface area (Å²) in [6.07, 6.45) is 5.22. The second kappa shape index (κ2) is 7.68. The van der Waals surface area contributed by atoms with Gasteiger partial charge < -0.3 is 10.0 Å². The lowest BCUT2D eigenvalue weighted by Gasteiger charge is -2.19. The molecular weight excluding hydrogens is 422 g/mol. The van der Waals surface area contributed by atoms with E-state index in [2.05, 4.69) is 42.9 Å². The fraction of sp³-hybridized carbons (Fsp3) is 0.346. The van der Waals surface area contributed by atoms with E-state index < -0.39 is 0 Å². The Morgan fingerprint density at radius 1 is 1.03 bits per heavy atom. The Morgan fingerprint density at radius 2 is 1.75 bits per heavy atom. The summed E-state index contributed by atoms with van der Waals surface area (Å²) in [5.41, 5.74) is 5.32. The van der Waals surface area contributed by atoms with E-state index in [1.54, 1.807) is 12.3 Å². The summed E-state index contributed by atoms with van der Waals surface area (Å²) < 4.78 is 0. The SMILES string of the molecule is CC(C)(C)c1cc(-c2cncc(-c3ccc(C(=O)N4C[C@@H]5[C@@H](O)[C@@H]5C4)cc3Cl)c2)ccn1. The van der Waals surface area contributed by atoms with Crippen molar-refractivity contribution in [3.8, 4) is 22.3 Å². The van der Waals surface area contributed by atoms with Crippen molar-refractivity contribution >= 4 is 17.5 Å². The van der Waals surface area contributed by atoms with Crippen LogP contribution in [0.25, 0.3) is 22.3 Å². The van der Waals surface area contributed by atoms with Crippen LogP contribution in [-0.4, -0.2) is 45.1 Å². The van der Waals surface area contributed by atoms with Crippen molar-refractivity contribution in [1.82, 2.24) is 14.9 Å². The van der Waals surface area contributed by atoms with Crippen molar-refractivity contribution in [2.24, 2.45) is 11.8 Å². The Morgan fingerprint density at radius 3 is 2.44 bits per heavy atom.